The summed E-state index contributed by atoms with van der Waals surface area (Å²) in [5, 5.41) is 9.39. The fraction of sp³-hybridized carbons (Fsp3) is 0.400. The molecule has 0 radical (unpaired) electrons. The summed E-state index contributed by atoms with van der Waals surface area (Å²) in [6.07, 6.45) is -0.485. The summed E-state index contributed by atoms with van der Waals surface area (Å²) in [5.41, 5.74) is -0.0313. The molecule has 0 fully saturated rings. The molecule has 1 atom stereocenters. The number of aliphatic hydroxyl groups is 1. The highest BCUT2D eigenvalue weighted by molar-refractivity contribution is 7.90. The van der Waals surface area contributed by atoms with Crippen LogP contribution in [0.15, 0.2) is 18.2 Å². The van der Waals surface area contributed by atoms with Gasteiger partial charge >= 0.3 is 0 Å². The fourth-order valence-electron chi connectivity index (χ4n) is 1.36. The smallest absolute Gasteiger partial charge is 0.150 e. The fourth-order valence-corrected chi connectivity index (χ4v) is 2.18. The van der Waals surface area contributed by atoms with Crippen molar-refractivity contribution in [3.63, 3.8) is 0 Å². The molecular formula is C10H12F2O3S. The number of hydrogen-bond donors (Lipinski definition) is 1. The molecule has 0 spiro atoms. The molecule has 0 saturated carbocycles. The van der Waals surface area contributed by atoms with Crippen molar-refractivity contribution in [2.24, 2.45) is 0 Å². The van der Waals surface area contributed by atoms with Crippen molar-refractivity contribution in [2.45, 2.75) is 12.5 Å². The predicted molar refractivity (Wildman–Crippen MR) is 55.8 cm³/mol. The summed E-state index contributed by atoms with van der Waals surface area (Å²) >= 11 is 0. The Hall–Kier alpha value is -1.01. The van der Waals surface area contributed by atoms with Crippen molar-refractivity contribution < 1.29 is 22.3 Å². The third-order valence-corrected chi connectivity index (χ3v) is 2.95. The van der Waals surface area contributed by atoms with E-state index >= 15 is 0 Å². The van der Waals surface area contributed by atoms with Crippen LogP contribution in [0.1, 0.15) is 5.56 Å². The van der Waals surface area contributed by atoms with Crippen molar-refractivity contribution in [3.8, 4) is 0 Å². The van der Waals surface area contributed by atoms with Crippen LogP contribution in [0.25, 0.3) is 0 Å². The van der Waals surface area contributed by atoms with Gasteiger partial charge in [-0.1, -0.05) is 0 Å². The minimum Gasteiger partial charge on any atom is -0.392 e. The topological polar surface area (TPSA) is 54.4 Å². The number of benzene rings is 1. The summed E-state index contributed by atoms with van der Waals surface area (Å²) in [6, 6.07) is 2.85. The monoisotopic (exact) mass is 250 g/mol. The molecule has 0 aliphatic carbocycles. The van der Waals surface area contributed by atoms with Crippen LogP contribution in [0, 0.1) is 11.6 Å². The largest absolute Gasteiger partial charge is 0.392 e. The molecular weight excluding hydrogens is 238 g/mol. The van der Waals surface area contributed by atoms with E-state index in [4.69, 9.17) is 0 Å². The van der Waals surface area contributed by atoms with E-state index in [1.54, 1.807) is 0 Å². The van der Waals surface area contributed by atoms with E-state index in [1.807, 2.05) is 0 Å². The van der Waals surface area contributed by atoms with Crippen molar-refractivity contribution in [3.05, 3.63) is 35.4 Å². The molecule has 1 rings (SSSR count). The number of sulfone groups is 1. The molecule has 0 saturated heterocycles. The van der Waals surface area contributed by atoms with Crippen LogP contribution >= 0.6 is 0 Å². The van der Waals surface area contributed by atoms with Gasteiger partial charge in [0.25, 0.3) is 0 Å². The molecule has 0 heterocycles. The highest BCUT2D eigenvalue weighted by Gasteiger charge is 2.15. The molecule has 1 aromatic rings. The molecule has 90 valence electrons. The average Bonchev–Trinajstić information content (AvgIpc) is 2.08. The van der Waals surface area contributed by atoms with Gasteiger partial charge in [0.15, 0.2) is 0 Å². The third kappa shape index (κ3) is 4.24. The van der Waals surface area contributed by atoms with Gasteiger partial charge in [0.05, 0.1) is 11.9 Å². The quantitative estimate of drug-likeness (QED) is 0.864. The summed E-state index contributed by atoms with van der Waals surface area (Å²) in [4.78, 5) is 0. The Labute approximate surface area is 92.6 Å². The minimum atomic E-state index is -3.33. The number of hydrogen-bond acceptors (Lipinski definition) is 3. The Morgan fingerprint density at radius 1 is 1.38 bits per heavy atom. The van der Waals surface area contributed by atoms with Crippen molar-refractivity contribution in [1.29, 1.82) is 0 Å². The zero-order valence-electron chi connectivity index (χ0n) is 8.65. The highest BCUT2D eigenvalue weighted by atomic mass is 32.2. The van der Waals surface area contributed by atoms with E-state index in [-0.39, 0.29) is 12.0 Å². The summed E-state index contributed by atoms with van der Waals surface area (Å²) < 4.78 is 47.6. The van der Waals surface area contributed by atoms with Gasteiger partial charge in [-0.3, -0.25) is 0 Å². The van der Waals surface area contributed by atoms with E-state index in [0.717, 1.165) is 24.5 Å². The molecule has 6 heteroatoms. The molecule has 0 amide bonds. The average molecular weight is 250 g/mol. The van der Waals surface area contributed by atoms with Crippen LogP contribution in [-0.2, 0) is 16.3 Å². The zero-order valence-corrected chi connectivity index (χ0v) is 9.47. The van der Waals surface area contributed by atoms with Gasteiger partial charge in [0.2, 0.25) is 0 Å². The number of aliphatic hydroxyl groups excluding tert-OH is 1. The molecule has 3 nitrogen and oxygen atoms in total. The zero-order chi connectivity index (χ0) is 12.3. The normalized spacial score (nSPS) is 13.8. The van der Waals surface area contributed by atoms with Crippen LogP contribution in [0.5, 0.6) is 0 Å². The van der Waals surface area contributed by atoms with E-state index in [2.05, 4.69) is 0 Å². The second kappa shape index (κ2) is 4.88. The molecule has 0 aliphatic heterocycles. The van der Waals surface area contributed by atoms with E-state index in [0.29, 0.717) is 0 Å². The maximum atomic E-state index is 13.1. The van der Waals surface area contributed by atoms with Crippen LogP contribution in [0.3, 0.4) is 0 Å². The van der Waals surface area contributed by atoms with Gasteiger partial charge in [-0.25, -0.2) is 17.2 Å². The van der Waals surface area contributed by atoms with E-state index in [9.17, 15) is 22.3 Å². The van der Waals surface area contributed by atoms with Crippen molar-refractivity contribution in [1.82, 2.24) is 0 Å². The lowest BCUT2D eigenvalue weighted by Crippen LogP contribution is -2.22. The molecule has 16 heavy (non-hydrogen) atoms. The van der Waals surface area contributed by atoms with Crippen LogP contribution < -0.4 is 0 Å². The predicted octanol–water partition coefficient (Wildman–Crippen LogP) is 0.913. The van der Waals surface area contributed by atoms with Gasteiger partial charge in [-0.2, -0.15) is 0 Å². The Morgan fingerprint density at radius 2 is 2.00 bits per heavy atom. The van der Waals surface area contributed by atoms with Gasteiger partial charge in [0.1, 0.15) is 21.5 Å². The van der Waals surface area contributed by atoms with Gasteiger partial charge in [-0.15, -0.1) is 0 Å². The lowest BCUT2D eigenvalue weighted by molar-refractivity contribution is 0.196. The lowest BCUT2D eigenvalue weighted by Gasteiger charge is -2.09. The SMILES string of the molecule is CS(=O)(=O)CC(O)Cc1cc(F)ccc1F. The van der Waals surface area contributed by atoms with Crippen molar-refractivity contribution >= 4 is 9.84 Å². The number of halogens is 2. The Morgan fingerprint density at radius 3 is 2.56 bits per heavy atom. The molecule has 0 bridgehead atoms. The van der Waals surface area contributed by atoms with E-state index < -0.39 is 33.3 Å². The number of rotatable bonds is 4. The Balaban J connectivity index is 2.77. The van der Waals surface area contributed by atoms with E-state index in [1.165, 1.54) is 0 Å². The molecule has 1 unspecified atom stereocenters. The van der Waals surface area contributed by atoms with Crippen LogP contribution in [0.2, 0.25) is 0 Å². The van der Waals surface area contributed by atoms with Gasteiger partial charge < -0.3 is 5.11 Å². The second-order valence-electron chi connectivity index (χ2n) is 3.69. The minimum absolute atomic E-state index is 0.0313. The molecule has 0 aromatic heterocycles. The standard InChI is InChI=1S/C10H12F2O3S/c1-16(14,15)6-9(13)5-7-4-8(11)2-3-10(7)12/h2-4,9,13H,5-6H2,1H3. The molecule has 0 aliphatic rings. The summed E-state index contributed by atoms with van der Waals surface area (Å²) in [6.45, 7) is 0. The highest BCUT2D eigenvalue weighted by Crippen LogP contribution is 2.12. The first kappa shape index (κ1) is 13.1. The third-order valence-electron chi connectivity index (χ3n) is 1.96. The first-order valence-electron chi connectivity index (χ1n) is 4.57. The van der Waals surface area contributed by atoms with Crippen molar-refractivity contribution in [2.75, 3.05) is 12.0 Å². The second-order valence-corrected chi connectivity index (χ2v) is 5.87. The Kier molecular flexibility index (Phi) is 3.98. The van der Waals surface area contributed by atoms with Crippen LogP contribution in [-0.4, -0.2) is 31.6 Å². The van der Waals surface area contributed by atoms with Gasteiger partial charge in [0, 0.05) is 12.7 Å². The molecule has 1 aromatic carbocycles. The van der Waals surface area contributed by atoms with Gasteiger partial charge in [-0.05, 0) is 23.8 Å². The molecule has 1 N–H and O–H groups in total. The van der Waals surface area contributed by atoms with Crippen LogP contribution in [0.4, 0.5) is 8.78 Å². The maximum absolute atomic E-state index is 13.1. The summed E-state index contributed by atoms with van der Waals surface area (Å²) in [5.74, 6) is -1.75. The summed E-state index contributed by atoms with van der Waals surface area (Å²) in [7, 11) is -3.33. The maximum Gasteiger partial charge on any atom is 0.150 e. The first-order valence-corrected chi connectivity index (χ1v) is 6.64. The Bertz CT molecular complexity index is 471. The lowest BCUT2D eigenvalue weighted by atomic mass is 10.1. The first-order chi connectivity index (χ1) is 7.28.